The van der Waals surface area contributed by atoms with Crippen molar-refractivity contribution in [2.45, 2.75) is 108 Å². The van der Waals surface area contributed by atoms with Crippen LogP contribution in [0.4, 0.5) is 46.8 Å². The molecule has 0 bridgehead atoms. The summed E-state index contributed by atoms with van der Waals surface area (Å²) in [6, 6.07) is 6.56. The molecule has 6 rings (SSSR count). The number of aliphatic hydroxyl groups is 3. The summed E-state index contributed by atoms with van der Waals surface area (Å²) in [5.41, 5.74) is 0.0686. The number of halogens is 8. The van der Waals surface area contributed by atoms with Crippen molar-refractivity contribution >= 4 is 33.4 Å². The van der Waals surface area contributed by atoms with Gasteiger partial charge in [0.25, 0.3) is 0 Å². The van der Waals surface area contributed by atoms with E-state index < -0.39 is 35.6 Å². The summed E-state index contributed by atoms with van der Waals surface area (Å²) in [4.78, 5) is 14.0. The number of alkyl halides is 6. The Bertz CT molecular complexity index is 1600. The van der Waals surface area contributed by atoms with Gasteiger partial charge in [0.15, 0.2) is 0 Å². The third-order valence-corrected chi connectivity index (χ3v) is 7.90. The van der Waals surface area contributed by atoms with Crippen molar-refractivity contribution in [3.8, 4) is 0 Å². The standard InChI is InChI=1S/2C15H15F4N3O.C3H8O/c2*16-8-1-6-12-11(7-8)13(22-14(21-12)15(17,18)19)20-9-2-4-10(23)5-3-9;1-3(2)4/h2*1,6-7,9-10,23H,2-5H2,(H,20,21,22);3-4H,1-2H3. The van der Waals surface area contributed by atoms with Crippen LogP contribution in [0.3, 0.4) is 0 Å². The van der Waals surface area contributed by atoms with E-state index in [9.17, 15) is 45.3 Å². The lowest BCUT2D eigenvalue weighted by Gasteiger charge is -2.27. The number of benzene rings is 2. The number of rotatable bonds is 4. The van der Waals surface area contributed by atoms with Crippen LogP contribution >= 0.6 is 0 Å². The molecule has 0 amide bonds. The van der Waals surface area contributed by atoms with E-state index in [4.69, 9.17) is 5.11 Å². The molecule has 4 aromatic rings. The minimum absolute atomic E-state index is 0.0248. The highest BCUT2D eigenvalue weighted by atomic mass is 19.4. The van der Waals surface area contributed by atoms with Crippen LogP contribution in [-0.4, -0.2) is 65.7 Å². The van der Waals surface area contributed by atoms with Crippen molar-refractivity contribution in [1.29, 1.82) is 0 Å². The Morgan fingerprint density at radius 1 is 0.600 bits per heavy atom. The van der Waals surface area contributed by atoms with Gasteiger partial charge < -0.3 is 26.0 Å². The Balaban J connectivity index is 0.000000203. The van der Waals surface area contributed by atoms with Gasteiger partial charge in [-0.1, -0.05) is 0 Å². The lowest BCUT2D eigenvalue weighted by molar-refractivity contribution is -0.145. The molecular weight excluding hydrogens is 680 g/mol. The highest BCUT2D eigenvalue weighted by Gasteiger charge is 2.37. The molecule has 0 saturated heterocycles. The Kier molecular flexibility index (Phi) is 12.7. The first-order valence-corrected chi connectivity index (χ1v) is 16.0. The summed E-state index contributed by atoms with van der Waals surface area (Å²) in [6.45, 7) is 3.44. The molecule has 2 aliphatic carbocycles. The number of anilines is 2. The molecule has 0 atom stereocenters. The number of nitrogens with zero attached hydrogens (tertiary/aromatic N) is 4. The molecular formula is C33H38F8N6O3. The molecule has 0 radical (unpaired) electrons. The maximum atomic E-state index is 13.4. The number of fused-ring (bicyclic) bond motifs is 2. The van der Waals surface area contributed by atoms with Crippen molar-refractivity contribution in [3.63, 3.8) is 0 Å². The average molecular weight is 719 g/mol. The van der Waals surface area contributed by atoms with Gasteiger partial charge in [0, 0.05) is 29.0 Å². The first kappa shape index (κ1) is 38.8. The molecule has 17 heteroatoms. The maximum Gasteiger partial charge on any atom is 0.451 e. The van der Waals surface area contributed by atoms with Gasteiger partial charge in [-0.2, -0.15) is 26.3 Å². The average Bonchev–Trinajstić information content (AvgIpc) is 3.02. The van der Waals surface area contributed by atoms with E-state index in [1.54, 1.807) is 13.8 Å². The largest absolute Gasteiger partial charge is 0.451 e. The van der Waals surface area contributed by atoms with E-state index in [1.165, 1.54) is 12.1 Å². The molecule has 2 aromatic heterocycles. The minimum atomic E-state index is -4.68. The van der Waals surface area contributed by atoms with Gasteiger partial charge in [0.1, 0.15) is 23.3 Å². The van der Waals surface area contributed by atoms with Gasteiger partial charge in [0.05, 0.1) is 23.2 Å². The van der Waals surface area contributed by atoms with Crippen LogP contribution in [0.2, 0.25) is 0 Å². The minimum Gasteiger partial charge on any atom is -0.394 e. The summed E-state index contributed by atoms with van der Waals surface area (Å²) in [5.74, 6) is -3.69. The SMILES string of the molecule is CC(C)O.OC1CCC(Nc2nc(C(F)(F)F)nc3ccc(F)cc23)CC1.OC1CCC(Nc2nc(C(F)(F)F)nc3ccc(F)cc23)CC1. The third kappa shape index (κ3) is 11.0. The van der Waals surface area contributed by atoms with Crippen molar-refractivity contribution in [1.82, 2.24) is 19.9 Å². The Morgan fingerprint density at radius 3 is 1.22 bits per heavy atom. The topological polar surface area (TPSA) is 136 Å². The number of hydrogen-bond donors (Lipinski definition) is 5. The van der Waals surface area contributed by atoms with E-state index in [2.05, 4.69) is 30.6 Å². The van der Waals surface area contributed by atoms with Gasteiger partial charge in [-0.15, -0.1) is 0 Å². The fourth-order valence-corrected chi connectivity index (χ4v) is 5.50. The predicted molar refractivity (Wildman–Crippen MR) is 170 cm³/mol. The molecule has 9 nitrogen and oxygen atoms in total. The highest BCUT2D eigenvalue weighted by Crippen LogP contribution is 2.34. The molecule has 0 spiro atoms. The van der Waals surface area contributed by atoms with Gasteiger partial charge in [-0.25, -0.2) is 28.7 Å². The number of hydrogen-bond acceptors (Lipinski definition) is 9. The van der Waals surface area contributed by atoms with Gasteiger partial charge in [-0.05, 0) is 102 Å². The van der Waals surface area contributed by atoms with E-state index in [1.807, 2.05) is 0 Å². The maximum absolute atomic E-state index is 13.4. The molecule has 2 aromatic carbocycles. The lowest BCUT2D eigenvalue weighted by Crippen LogP contribution is -2.29. The van der Waals surface area contributed by atoms with Crippen molar-refractivity contribution in [2.75, 3.05) is 10.6 Å². The quantitative estimate of drug-likeness (QED) is 0.137. The number of aliphatic hydroxyl groups excluding tert-OH is 3. The lowest BCUT2D eigenvalue weighted by atomic mass is 9.93. The highest BCUT2D eigenvalue weighted by molar-refractivity contribution is 5.90. The van der Waals surface area contributed by atoms with Crippen LogP contribution in [0.5, 0.6) is 0 Å². The second-order valence-corrected chi connectivity index (χ2v) is 12.5. The smallest absolute Gasteiger partial charge is 0.394 e. The molecule has 0 aliphatic heterocycles. The Labute approximate surface area is 282 Å². The van der Waals surface area contributed by atoms with Crippen LogP contribution in [0.25, 0.3) is 21.8 Å². The third-order valence-electron chi connectivity index (χ3n) is 7.90. The second-order valence-electron chi connectivity index (χ2n) is 12.5. The molecule has 274 valence electrons. The summed E-state index contributed by atoms with van der Waals surface area (Å²) in [7, 11) is 0. The zero-order chi connectivity index (χ0) is 36.8. The van der Waals surface area contributed by atoms with Crippen molar-refractivity contribution < 1.29 is 50.4 Å². The molecule has 2 saturated carbocycles. The van der Waals surface area contributed by atoms with E-state index in [-0.39, 0.29) is 63.8 Å². The molecule has 50 heavy (non-hydrogen) atoms. The van der Waals surface area contributed by atoms with E-state index in [0.717, 1.165) is 24.3 Å². The van der Waals surface area contributed by atoms with Crippen LogP contribution in [0, 0.1) is 11.6 Å². The zero-order valence-corrected chi connectivity index (χ0v) is 27.2. The summed E-state index contributed by atoms with van der Waals surface area (Å²) in [6.07, 6.45) is -5.54. The second kappa shape index (κ2) is 16.4. The molecule has 0 unspecified atom stereocenters. The van der Waals surface area contributed by atoms with Gasteiger partial charge >= 0.3 is 12.4 Å². The molecule has 2 aliphatic rings. The van der Waals surface area contributed by atoms with Gasteiger partial charge in [-0.3, -0.25) is 0 Å². The monoisotopic (exact) mass is 718 g/mol. The fourth-order valence-electron chi connectivity index (χ4n) is 5.50. The molecule has 2 heterocycles. The molecule has 2 fully saturated rings. The predicted octanol–water partition coefficient (Wildman–Crippen LogP) is 7.39. The Hall–Kier alpha value is -3.96. The van der Waals surface area contributed by atoms with Crippen LogP contribution in [0.15, 0.2) is 36.4 Å². The van der Waals surface area contributed by atoms with Crippen molar-refractivity contribution in [3.05, 3.63) is 59.7 Å². The van der Waals surface area contributed by atoms with Crippen LogP contribution in [-0.2, 0) is 12.4 Å². The summed E-state index contributed by atoms with van der Waals surface area (Å²) < 4.78 is 105. The van der Waals surface area contributed by atoms with Gasteiger partial charge in [0.2, 0.25) is 11.6 Å². The summed E-state index contributed by atoms with van der Waals surface area (Å²) >= 11 is 0. The summed E-state index contributed by atoms with van der Waals surface area (Å²) in [5, 5.41) is 33.4. The zero-order valence-electron chi connectivity index (χ0n) is 27.2. The number of nitrogens with one attached hydrogen (secondary N) is 2. The molecule has 5 N–H and O–H groups in total. The normalized spacial score (nSPS) is 21.2. The first-order valence-electron chi connectivity index (χ1n) is 16.0. The van der Waals surface area contributed by atoms with Crippen LogP contribution < -0.4 is 10.6 Å². The fraction of sp³-hybridized carbons (Fsp3) is 0.515. The van der Waals surface area contributed by atoms with E-state index in [0.29, 0.717) is 51.4 Å². The first-order chi connectivity index (χ1) is 23.4. The van der Waals surface area contributed by atoms with E-state index >= 15 is 0 Å². The number of aromatic nitrogens is 4. The van der Waals surface area contributed by atoms with Crippen LogP contribution in [0.1, 0.15) is 76.9 Å². The van der Waals surface area contributed by atoms with Crippen molar-refractivity contribution in [2.24, 2.45) is 0 Å². The Morgan fingerprint density at radius 2 is 0.920 bits per heavy atom.